The van der Waals surface area contributed by atoms with Gasteiger partial charge in [0.05, 0.1) is 11.8 Å². The second kappa shape index (κ2) is 5.38. The number of allylic oxidation sites excluding steroid dienone is 1. The SMILES string of the molecule is C=C(C)Cc1cc(C(O)CC)n2ncnc(NN)c12. The molecule has 0 bridgehead atoms. The fraction of sp³-hybridized carbons (Fsp3) is 0.385. The number of hydrogen-bond donors (Lipinski definition) is 3. The number of aliphatic hydroxyl groups excluding tert-OH is 1. The molecule has 102 valence electrons. The molecule has 2 aromatic heterocycles. The molecule has 1 atom stereocenters. The number of rotatable bonds is 5. The lowest BCUT2D eigenvalue weighted by Crippen LogP contribution is -2.12. The zero-order valence-electron chi connectivity index (χ0n) is 11.2. The normalized spacial score (nSPS) is 12.6. The highest BCUT2D eigenvalue weighted by atomic mass is 16.3. The maximum atomic E-state index is 10.1. The van der Waals surface area contributed by atoms with Crippen molar-refractivity contribution in [1.29, 1.82) is 0 Å². The van der Waals surface area contributed by atoms with Crippen LogP contribution < -0.4 is 11.3 Å². The van der Waals surface area contributed by atoms with E-state index in [0.717, 1.165) is 22.3 Å². The second-order valence-electron chi connectivity index (χ2n) is 4.67. The van der Waals surface area contributed by atoms with Gasteiger partial charge < -0.3 is 10.5 Å². The average Bonchev–Trinajstić information content (AvgIpc) is 2.76. The van der Waals surface area contributed by atoms with Crippen molar-refractivity contribution in [3.8, 4) is 0 Å². The summed E-state index contributed by atoms with van der Waals surface area (Å²) in [4.78, 5) is 4.11. The summed E-state index contributed by atoms with van der Waals surface area (Å²) in [7, 11) is 0. The number of aromatic nitrogens is 3. The van der Waals surface area contributed by atoms with Crippen LogP contribution in [0.15, 0.2) is 24.5 Å². The van der Waals surface area contributed by atoms with Crippen molar-refractivity contribution in [3.63, 3.8) is 0 Å². The minimum Gasteiger partial charge on any atom is -0.387 e. The van der Waals surface area contributed by atoms with Crippen LogP contribution in [0.4, 0.5) is 5.82 Å². The van der Waals surface area contributed by atoms with E-state index in [1.165, 1.54) is 6.33 Å². The summed E-state index contributed by atoms with van der Waals surface area (Å²) in [6.45, 7) is 7.80. The summed E-state index contributed by atoms with van der Waals surface area (Å²) < 4.78 is 1.69. The number of hydrogen-bond acceptors (Lipinski definition) is 5. The third kappa shape index (κ3) is 2.45. The van der Waals surface area contributed by atoms with E-state index in [-0.39, 0.29) is 0 Å². The van der Waals surface area contributed by atoms with Gasteiger partial charge in [-0.25, -0.2) is 15.3 Å². The molecular weight excluding hydrogens is 242 g/mol. The lowest BCUT2D eigenvalue weighted by Gasteiger charge is -2.08. The molecule has 2 aromatic rings. The van der Waals surface area contributed by atoms with Gasteiger partial charge in [0.1, 0.15) is 11.8 Å². The summed E-state index contributed by atoms with van der Waals surface area (Å²) in [6, 6.07) is 1.94. The first-order valence-corrected chi connectivity index (χ1v) is 6.23. The first-order valence-electron chi connectivity index (χ1n) is 6.23. The molecule has 0 saturated heterocycles. The number of nitrogens with zero attached hydrogens (tertiary/aromatic N) is 3. The van der Waals surface area contributed by atoms with Crippen molar-refractivity contribution in [2.75, 3.05) is 5.43 Å². The van der Waals surface area contributed by atoms with Crippen LogP contribution in [0.5, 0.6) is 0 Å². The fourth-order valence-corrected chi connectivity index (χ4v) is 2.16. The van der Waals surface area contributed by atoms with Crippen LogP contribution in [0, 0.1) is 0 Å². The lowest BCUT2D eigenvalue weighted by atomic mass is 10.1. The predicted octanol–water partition coefficient (Wildman–Crippen LogP) is 1.58. The number of hydrazine groups is 1. The molecule has 0 amide bonds. The van der Waals surface area contributed by atoms with Gasteiger partial charge in [-0.05, 0) is 31.4 Å². The van der Waals surface area contributed by atoms with Crippen LogP contribution in [0.3, 0.4) is 0 Å². The molecule has 0 aromatic carbocycles. The zero-order valence-corrected chi connectivity index (χ0v) is 11.2. The summed E-state index contributed by atoms with van der Waals surface area (Å²) in [5.41, 5.74) is 6.13. The third-order valence-electron chi connectivity index (χ3n) is 3.02. The molecule has 19 heavy (non-hydrogen) atoms. The first kappa shape index (κ1) is 13.5. The van der Waals surface area contributed by atoms with E-state index in [9.17, 15) is 5.11 Å². The molecule has 0 saturated carbocycles. The Labute approximate surface area is 111 Å². The highest BCUT2D eigenvalue weighted by Gasteiger charge is 2.18. The van der Waals surface area contributed by atoms with E-state index >= 15 is 0 Å². The fourth-order valence-electron chi connectivity index (χ4n) is 2.16. The minimum absolute atomic E-state index is 0.542. The molecular formula is C13H19N5O. The third-order valence-corrected chi connectivity index (χ3v) is 3.02. The van der Waals surface area contributed by atoms with E-state index < -0.39 is 6.10 Å². The van der Waals surface area contributed by atoms with E-state index in [4.69, 9.17) is 5.84 Å². The van der Waals surface area contributed by atoms with Gasteiger partial charge in [0.25, 0.3) is 0 Å². The van der Waals surface area contributed by atoms with E-state index in [0.29, 0.717) is 18.7 Å². The molecule has 2 heterocycles. The maximum Gasteiger partial charge on any atom is 0.168 e. The van der Waals surface area contributed by atoms with Crippen LogP contribution in [0.2, 0.25) is 0 Å². The summed E-state index contributed by atoms with van der Waals surface area (Å²) in [6.07, 6.45) is 2.17. The first-order chi connectivity index (χ1) is 9.08. The Kier molecular flexibility index (Phi) is 3.82. The van der Waals surface area contributed by atoms with E-state index in [2.05, 4.69) is 22.1 Å². The molecule has 0 fully saturated rings. The van der Waals surface area contributed by atoms with Gasteiger partial charge in [-0.1, -0.05) is 19.1 Å². The number of nitrogens with one attached hydrogen (secondary N) is 1. The Balaban J connectivity index is 2.69. The molecule has 6 nitrogen and oxygen atoms in total. The van der Waals surface area contributed by atoms with Crippen molar-refractivity contribution in [2.45, 2.75) is 32.8 Å². The van der Waals surface area contributed by atoms with Crippen LogP contribution in [0.25, 0.3) is 5.52 Å². The smallest absolute Gasteiger partial charge is 0.168 e. The molecule has 2 rings (SSSR count). The highest BCUT2D eigenvalue weighted by Crippen LogP contribution is 2.27. The highest BCUT2D eigenvalue weighted by molar-refractivity contribution is 5.73. The number of fused-ring (bicyclic) bond motifs is 1. The van der Waals surface area contributed by atoms with Gasteiger partial charge >= 0.3 is 0 Å². The Morgan fingerprint density at radius 3 is 2.95 bits per heavy atom. The molecule has 0 spiro atoms. The predicted molar refractivity (Wildman–Crippen MR) is 74.6 cm³/mol. The van der Waals surface area contributed by atoms with Crippen LogP contribution >= 0.6 is 0 Å². The zero-order chi connectivity index (χ0) is 14.0. The molecule has 0 aliphatic carbocycles. The van der Waals surface area contributed by atoms with Crippen LogP contribution in [-0.2, 0) is 6.42 Å². The number of nitrogens with two attached hydrogens (primary N) is 1. The molecule has 0 aliphatic rings. The summed E-state index contributed by atoms with van der Waals surface area (Å²) in [5.74, 6) is 6.04. The number of nitrogen functional groups attached to an aromatic ring is 1. The molecule has 0 aliphatic heterocycles. The van der Waals surface area contributed by atoms with E-state index in [1.54, 1.807) is 4.52 Å². The quantitative estimate of drug-likeness (QED) is 0.432. The van der Waals surface area contributed by atoms with Gasteiger partial charge in [0.2, 0.25) is 0 Å². The largest absolute Gasteiger partial charge is 0.387 e. The summed E-state index contributed by atoms with van der Waals surface area (Å²) in [5, 5.41) is 14.3. The summed E-state index contributed by atoms with van der Waals surface area (Å²) >= 11 is 0. The van der Waals surface area contributed by atoms with Crippen molar-refractivity contribution >= 4 is 11.3 Å². The molecule has 1 unspecified atom stereocenters. The van der Waals surface area contributed by atoms with E-state index in [1.807, 2.05) is 19.9 Å². The Bertz CT molecular complexity index is 604. The van der Waals surface area contributed by atoms with Gasteiger partial charge in [0.15, 0.2) is 5.82 Å². The lowest BCUT2D eigenvalue weighted by molar-refractivity contribution is 0.166. The topological polar surface area (TPSA) is 88.5 Å². The second-order valence-corrected chi connectivity index (χ2v) is 4.67. The average molecular weight is 261 g/mol. The minimum atomic E-state index is -0.563. The number of aliphatic hydroxyl groups is 1. The standard InChI is InChI=1S/C13H19N5O/c1-4-11(19)10-6-9(5-8(2)3)12-13(17-14)15-7-16-18(10)12/h6-7,11,19H,2,4-5,14H2,1,3H3,(H,15,16,17). The molecule has 0 radical (unpaired) electrons. The van der Waals surface area contributed by atoms with Crippen LogP contribution in [-0.4, -0.2) is 19.7 Å². The molecule has 4 N–H and O–H groups in total. The van der Waals surface area contributed by atoms with Gasteiger partial charge in [-0.2, -0.15) is 5.10 Å². The Hall–Kier alpha value is -1.92. The van der Waals surface area contributed by atoms with Crippen molar-refractivity contribution < 1.29 is 5.11 Å². The van der Waals surface area contributed by atoms with Gasteiger partial charge in [-0.3, -0.25) is 0 Å². The Morgan fingerprint density at radius 2 is 2.37 bits per heavy atom. The van der Waals surface area contributed by atoms with Crippen molar-refractivity contribution in [3.05, 3.63) is 35.8 Å². The van der Waals surface area contributed by atoms with Crippen molar-refractivity contribution in [2.24, 2.45) is 5.84 Å². The van der Waals surface area contributed by atoms with Crippen molar-refractivity contribution in [1.82, 2.24) is 14.6 Å². The number of anilines is 1. The van der Waals surface area contributed by atoms with Gasteiger partial charge in [-0.15, -0.1) is 0 Å². The monoisotopic (exact) mass is 261 g/mol. The molecule has 6 heteroatoms. The van der Waals surface area contributed by atoms with Gasteiger partial charge in [0, 0.05) is 0 Å². The van der Waals surface area contributed by atoms with Crippen LogP contribution in [0.1, 0.15) is 37.6 Å². The Morgan fingerprint density at radius 1 is 1.63 bits per heavy atom. The maximum absolute atomic E-state index is 10.1.